The van der Waals surface area contributed by atoms with E-state index in [1.807, 2.05) is 0 Å². The molecule has 0 radical (unpaired) electrons. The molecule has 3 unspecified atom stereocenters. The van der Waals surface area contributed by atoms with E-state index in [9.17, 15) is 0 Å². The fourth-order valence-corrected chi connectivity index (χ4v) is 2.49. The van der Waals surface area contributed by atoms with Crippen LogP contribution < -0.4 is 5.32 Å². The van der Waals surface area contributed by atoms with Gasteiger partial charge in [0.25, 0.3) is 0 Å². The van der Waals surface area contributed by atoms with E-state index < -0.39 is 0 Å². The van der Waals surface area contributed by atoms with Crippen LogP contribution in [0.5, 0.6) is 0 Å². The second-order valence-electron chi connectivity index (χ2n) is 4.92. The van der Waals surface area contributed by atoms with E-state index in [1.165, 1.54) is 25.7 Å². The Balaban J connectivity index is 1.88. The molecule has 0 bridgehead atoms. The van der Waals surface area contributed by atoms with Crippen LogP contribution in [0.1, 0.15) is 39.5 Å². The van der Waals surface area contributed by atoms with Gasteiger partial charge in [-0.1, -0.05) is 13.8 Å². The smallest absolute Gasteiger partial charge is 0.0756 e. The molecule has 2 aliphatic rings. The van der Waals surface area contributed by atoms with Crippen molar-refractivity contribution in [3.05, 3.63) is 0 Å². The molecule has 2 heteroatoms. The minimum Gasteiger partial charge on any atom is -0.376 e. The third kappa shape index (κ3) is 2.29. The summed E-state index contributed by atoms with van der Waals surface area (Å²) in [6, 6.07) is 0.646. The molecule has 82 valence electrons. The van der Waals surface area contributed by atoms with Crippen molar-refractivity contribution < 1.29 is 4.74 Å². The molecule has 1 heterocycles. The van der Waals surface area contributed by atoms with Crippen LogP contribution in [-0.2, 0) is 4.74 Å². The fraction of sp³-hybridized carbons (Fsp3) is 1.00. The summed E-state index contributed by atoms with van der Waals surface area (Å²) in [7, 11) is 0. The zero-order valence-electron chi connectivity index (χ0n) is 9.46. The van der Waals surface area contributed by atoms with E-state index in [1.54, 1.807) is 0 Å². The Morgan fingerprint density at radius 1 is 1.36 bits per heavy atom. The van der Waals surface area contributed by atoms with Gasteiger partial charge in [-0.3, -0.25) is 0 Å². The molecule has 1 N–H and O–H groups in total. The Labute approximate surface area is 87.4 Å². The summed E-state index contributed by atoms with van der Waals surface area (Å²) in [5, 5.41) is 3.68. The molecule has 1 saturated heterocycles. The third-order valence-corrected chi connectivity index (χ3v) is 3.56. The van der Waals surface area contributed by atoms with Gasteiger partial charge in [-0.2, -0.15) is 0 Å². The molecule has 0 aromatic rings. The first-order valence-corrected chi connectivity index (χ1v) is 6.18. The number of rotatable bonds is 5. The second-order valence-corrected chi connectivity index (χ2v) is 4.92. The van der Waals surface area contributed by atoms with Crippen LogP contribution in [0.3, 0.4) is 0 Å². The van der Waals surface area contributed by atoms with Gasteiger partial charge in [-0.05, 0) is 44.1 Å². The minimum atomic E-state index is 0.494. The summed E-state index contributed by atoms with van der Waals surface area (Å²) >= 11 is 0. The standard InChI is InChI=1S/C12H23NO/c1-3-7-13-11(10-4-5-10)12-9(2)6-8-14-12/h9-13H,3-8H2,1-2H3. The lowest BCUT2D eigenvalue weighted by Crippen LogP contribution is -2.44. The monoisotopic (exact) mass is 197 g/mol. The van der Waals surface area contributed by atoms with Crippen LogP contribution >= 0.6 is 0 Å². The topological polar surface area (TPSA) is 21.3 Å². The van der Waals surface area contributed by atoms with Crippen molar-refractivity contribution in [1.29, 1.82) is 0 Å². The summed E-state index contributed by atoms with van der Waals surface area (Å²) in [5.74, 6) is 1.66. The maximum Gasteiger partial charge on any atom is 0.0756 e. The van der Waals surface area contributed by atoms with Gasteiger partial charge in [0.2, 0.25) is 0 Å². The molecule has 2 rings (SSSR count). The van der Waals surface area contributed by atoms with Crippen molar-refractivity contribution in [2.45, 2.75) is 51.7 Å². The van der Waals surface area contributed by atoms with Crippen LogP contribution in [-0.4, -0.2) is 25.3 Å². The molecule has 3 atom stereocenters. The molecule has 1 aliphatic heterocycles. The van der Waals surface area contributed by atoms with Gasteiger partial charge < -0.3 is 10.1 Å². The number of hydrogen-bond acceptors (Lipinski definition) is 2. The maximum atomic E-state index is 5.86. The van der Waals surface area contributed by atoms with Crippen molar-refractivity contribution in [1.82, 2.24) is 5.32 Å². The van der Waals surface area contributed by atoms with Gasteiger partial charge in [0.05, 0.1) is 6.10 Å². The fourth-order valence-electron chi connectivity index (χ4n) is 2.49. The van der Waals surface area contributed by atoms with Crippen LogP contribution in [0.2, 0.25) is 0 Å². The SMILES string of the molecule is CCCNC(C1CC1)C1OCCC1C. The first-order valence-electron chi connectivity index (χ1n) is 6.18. The van der Waals surface area contributed by atoms with E-state index in [2.05, 4.69) is 19.2 Å². The molecular formula is C12H23NO. The first-order chi connectivity index (χ1) is 6.83. The largest absolute Gasteiger partial charge is 0.376 e. The van der Waals surface area contributed by atoms with E-state index in [4.69, 9.17) is 4.74 Å². The molecule has 0 amide bonds. The Morgan fingerprint density at radius 2 is 2.14 bits per heavy atom. The molecule has 14 heavy (non-hydrogen) atoms. The lowest BCUT2D eigenvalue weighted by molar-refractivity contribution is 0.0540. The summed E-state index contributed by atoms with van der Waals surface area (Å²) in [6.07, 6.45) is 5.79. The highest BCUT2D eigenvalue weighted by atomic mass is 16.5. The van der Waals surface area contributed by atoms with Gasteiger partial charge in [-0.25, -0.2) is 0 Å². The van der Waals surface area contributed by atoms with Crippen molar-refractivity contribution in [3.8, 4) is 0 Å². The normalized spacial score (nSPS) is 34.7. The molecule has 2 nitrogen and oxygen atoms in total. The van der Waals surface area contributed by atoms with Crippen molar-refractivity contribution in [2.24, 2.45) is 11.8 Å². The molecule has 2 fully saturated rings. The average Bonchev–Trinajstić information content (AvgIpc) is 2.92. The highest BCUT2D eigenvalue weighted by Crippen LogP contribution is 2.38. The predicted octanol–water partition coefficient (Wildman–Crippen LogP) is 2.19. The lowest BCUT2D eigenvalue weighted by Gasteiger charge is -2.27. The second kappa shape index (κ2) is 4.63. The van der Waals surface area contributed by atoms with E-state index in [0.717, 1.165) is 25.0 Å². The van der Waals surface area contributed by atoms with Crippen LogP contribution in [0, 0.1) is 11.8 Å². The molecule has 0 aromatic heterocycles. The Hall–Kier alpha value is -0.0800. The summed E-state index contributed by atoms with van der Waals surface area (Å²) < 4.78 is 5.86. The maximum absolute atomic E-state index is 5.86. The highest BCUT2D eigenvalue weighted by molar-refractivity contribution is 4.95. The summed E-state index contributed by atoms with van der Waals surface area (Å²) in [5.41, 5.74) is 0. The number of hydrogen-bond donors (Lipinski definition) is 1. The van der Waals surface area contributed by atoms with E-state index in [-0.39, 0.29) is 0 Å². The minimum absolute atomic E-state index is 0.494. The molecule has 0 spiro atoms. The van der Waals surface area contributed by atoms with Gasteiger partial charge in [0, 0.05) is 12.6 Å². The molecule has 1 saturated carbocycles. The van der Waals surface area contributed by atoms with Crippen molar-refractivity contribution >= 4 is 0 Å². The number of nitrogens with one attached hydrogen (secondary N) is 1. The van der Waals surface area contributed by atoms with Gasteiger partial charge in [-0.15, -0.1) is 0 Å². The third-order valence-electron chi connectivity index (χ3n) is 3.56. The van der Waals surface area contributed by atoms with Gasteiger partial charge in [0.1, 0.15) is 0 Å². The van der Waals surface area contributed by atoms with Crippen LogP contribution in [0.15, 0.2) is 0 Å². The zero-order chi connectivity index (χ0) is 9.97. The first kappa shape index (κ1) is 10.4. The molecular weight excluding hydrogens is 174 g/mol. The molecule has 1 aliphatic carbocycles. The highest BCUT2D eigenvalue weighted by Gasteiger charge is 2.40. The lowest BCUT2D eigenvalue weighted by atomic mass is 9.94. The van der Waals surface area contributed by atoms with Gasteiger partial charge >= 0.3 is 0 Å². The molecule has 0 aromatic carbocycles. The summed E-state index contributed by atoms with van der Waals surface area (Å²) in [6.45, 7) is 6.69. The quantitative estimate of drug-likeness (QED) is 0.729. The number of ether oxygens (including phenoxy) is 1. The summed E-state index contributed by atoms with van der Waals surface area (Å²) in [4.78, 5) is 0. The van der Waals surface area contributed by atoms with Crippen molar-refractivity contribution in [3.63, 3.8) is 0 Å². The Morgan fingerprint density at radius 3 is 2.64 bits per heavy atom. The average molecular weight is 197 g/mol. The van der Waals surface area contributed by atoms with Crippen molar-refractivity contribution in [2.75, 3.05) is 13.2 Å². The van der Waals surface area contributed by atoms with Crippen LogP contribution in [0.4, 0.5) is 0 Å². The Bertz CT molecular complexity index is 179. The van der Waals surface area contributed by atoms with E-state index >= 15 is 0 Å². The van der Waals surface area contributed by atoms with E-state index in [0.29, 0.717) is 12.1 Å². The van der Waals surface area contributed by atoms with Gasteiger partial charge in [0.15, 0.2) is 0 Å². The predicted molar refractivity (Wildman–Crippen MR) is 58.3 cm³/mol. The van der Waals surface area contributed by atoms with Crippen LogP contribution in [0.25, 0.3) is 0 Å². The zero-order valence-corrected chi connectivity index (χ0v) is 9.46. The Kier molecular flexibility index (Phi) is 3.45.